The maximum absolute atomic E-state index is 11.9. The molecule has 1 fully saturated rings. The third-order valence-electron chi connectivity index (χ3n) is 3.12. The number of aliphatic hydroxyl groups excluding tert-OH is 1. The third kappa shape index (κ3) is 3.76. The maximum atomic E-state index is 11.9. The Bertz CT molecular complexity index is 508. The Morgan fingerprint density at radius 1 is 1.26 bits per heavy atom. The quantitative estimate of drug-likeness (QED) is 0.824. The van der Waals surface area contributed by atoms with Crippen LogP contribution in [0.3, 0.4) is 0 Å². The van der Waals surface area contributed by atoms with Crippen LogP contribution >= 0.6 is 0 Å². The molecule has 1 aliphatic heterocycles. The molecular formula is C13H18O5S. The Balaban J connectivity index is 1.93. The highest BCUT2D eigenvalue weighted by atomic mass is 32.2. The van der Waals surface area contributed by atoms with Crippen molar-refractivity contribution in [2.75, 3.05) is 13.2 Å². The molecule has 1 aromatic rings. The van der Waals surface area contributed by atoms with Crippen LogP contribution in [0.15, 0.2) is 29.2 Å². The van der Waals surface area contributed by atoms with Crippen LogP contribution in [0.25, 0.3) is 0 Å². The van der Waals surface area contributed by atoms with E-state index in [-0.39, 0.29) is 30.3 Å². The average molecular weight is 286 g/mol. The van der Waals surface area contributed by atoms with Gasteiger partial charge in [0, 0.05) is 0 Å². The molecule has 0 spiro atoms. The summed E-state index contributed by atoms with van der Waals surface area (Å²) in [6, 6.07) is 6.50. The largest absolute Gasteiger partial charge is 0.394 e. The van der Waals surface area contributed by atoms with Gasteiger partial charge < -0.3 is 9.84 Å². The van der Waals surface area contributed by atoms with Gasteiger partial charge in [-0.2, -0.15) is 8.42 Å². The van der Waals surface area contributed by atoms with E-state index in [0.717, 1.165) is 12.0 Å². The van der Waals surface area contributed by atoms with E-state index in [0.29, 0.717) is 6.42 Å². The van der Waals surface area contributed by atoms with Crippen molar-refractivity contribution in [1.29, 1.82) is 0 Å². The molecule has 0 radical (unpaired) electrons. The van der Waals surface area contributed by atoms with Crippen molar-refractivity contribution in [2.24, 2.45) is 0 Å². The van der Waals surface area contributed by atoms with E-state index in [1.165, 1.54) is 12.1 Å². The molecule has 0 aromatic heterocycles. The molecule has 0 bridgehead atoms. The molecule has 0 aliphatic carbocycles. The van der Waals surface area contributed by atoms with E-state index >= 15 is 0 Å². The Morgan fingerprint density at radius 3 is 2.47 bits per heavy atom. The lowest BCUT2D eigenvalue weighted by Gasteiger charge is -2.12. The van der Waals surface area contributed by atoms with Crippen LogP contribution in [0, 0.1) is 6.92 Å². The van der Waals surface area contributed by atoms with Crippen LogP contribution in [-0.4, -0.2) is 38.9 Å². The van der Waals surface area contributed by atoms with Gasteiger partial charge in [0.1, 0.15) is 0 Å². The Hall–Kier alpha value is -0.950. The zero-order valence-electron chi connectivity index (χ0n) is 10.8. The molecule has 0 amide bonds. The predicted octanol–water partition coefficient (Wildman–Crippen LogP) is 1.24. The molecule has 1 heterocycles. The number of benzene rings is 1. The molecule has 2 atom stereocenters. The van der Waals surface area contributed by atoms with Crippen molar-refractivity contribution in [3.63, 3.8) is 0 Å². The van der Waals surface area contributed by atoms with E-state index in [1.807, 2.05) is 6.92 Å². The van der Waals surface area contributed by atoms with E-state index in [2.05, 4.69) is 0 Å². The molecule has 1 aliphatic rings. The molecule has 19 heavy (non-hydrogen) atoms. The first kappa shape index (κ1) is 14.5. The summed E-state index contributed by atoms with van der Waals surface area (Å²) in [6.45, 7) is 1.84. The van der Waals surface area contributed by atoms with Crippen LogP contribution in [0.5, 0.6) is 0 Å². The van der Waals surface area contributed by atoms with Gasteiger partial charge in [-0.1, -0.05) is 17.7 Å². The maximum Gasteiger partial charge on any atom is 0.297 e. The zero-order valence-corrected chi connectivity index (χ0v) is 11.6. The summed E-state index contributed by atoms with van der Waals surface area (Å²) in [5, 5.41) is 8.93. The highest BCUT2D eigenvalue weighted by molar-refractivity contribution is 7.86. The van der Waals surface area contributed by atoms with Gasteiger partial charge in [-0.15, -0.1) is 0 Å². The standard InChI is InChI=1S/C13H18O5S/c1-10-2-6-13(7-3-10)19(15,16)17-9-12-5-4-11(8-14)18-12/h2-3,6-7,11-12,14H,4-5,8-9H2,1H3. The fraction of sp³-hybridized carbons (Fsp3) is 0.538. The number of aryl methyl sites for hydroxylation is 1. The van der Waals surface area contributed by atoms with Crippen molar-refractivity contribution in [2.45, 2.75) is 36.9 Å². The smallest absolute Gasteiger partial charge is 0.297 e. The van der Waals surface area contributed by atoms with Gasteiger partial charge in [0.15, 0.2) is 0 Å². The molecule has 2 unspecified atom stereocenters. The Kier molecular flexibility index (Phi) is 4.57. The molecule has 5 nitrogen and oxygen atoms in total. The van der Waals surface area contributed by atoms with Gasteiger partial charge in [-0.05, 0) is 31.9 Å². The van der Waals surface area contributed by atoms with Gasteiger partial charge in [-0.25, -0.2) is 0 Å². The summed E-state index contributed by atoms with van der Waals surface area (Å²) in [6.07, 6.45) is 0.970. The van der Waals surface area contributed by atoms with Crippen molar-refractivity contribution in [3.8, 4) is 0 Å². The van der Waals surface area contributed by atoms with E-state index in [9.17, 15) is 8.42 Å². The van der Waals surface area contributed by atoms with Crippen LogP contribution in [0.2, 0.25) is 0 Å². The Labute approximate surface area is 113 Å². The highest BCUT2D eigenvalue weighted by Crippen LogP contribution is 2.21. The summed E-state index contributed by atoms with van der Waals surface area (Å²) >= 11 is 0. The molecule has 1 saturated heterocycles. The molecule has 1 aromatic carbocycles. The summed E-state index contributed by atoms with van der Waals surface area (Å²) in [7, 11) is -3.73. The lowest BCUT2D eigenvalue weighted by Crippen LogP contribution is -2.21. The summed E-state index contributed by atoms with van der Waals surface area (Å²) in [4.78, 5) is 0.148. The summed E-state index contributed by atoms with van der Waals surface area (Å²) in [5.41, 5.74) is 0.990. The number of ether oxygens (including phenoxy) is 1. The SMILES string of the molecule is Cc1ccc(S(=O)(=O)OCC2CCC(CO)O2)cc1. The van der Waals surface area contributed by atoms with E-state index < -0.39 is 10.1 Å². The van der Waals surface area contributed by atoms with Crippen LogP contribution in [0.4, 0.5) is 0 Å². The second kappa shape index (κ2) is 6.00. The van der Waals surface area contributed by atoms with E-state index in [4.69, 9.17) is 14.0 Å². The summed E-state index contributed by atoms with van der Waals surface area (Å²) in [5.74, 6) is 0. The van der Waals surface area contributed by atoms with Gasteiger partial charge in [0.25, 0.3) is 10.1 Å². The van der Waals surface area contributed by atoms with E-state index in [1.54, 1.807) is 12.1 Å². The minimum absolute atomic E-state index is 0.00723. The summed E-state index contributed by atoms with van der Waals surface area (Å²) < 4.78 is 34.3. The first-order valence-electron chi connectivity index (χ1n) is 6.23. The fourth-order valence-electron chi connectivity index (χ4n) is 1.98. The second-order valence-corrected chi connectivity index (χ2v) is 6.31. The van der Waals surface area contributed by atoms with Crippen LogP contribution < -0.4 is 0 Å². The highest BCUT2D eigenvalue weighted by Gasteiger charge is 2.27. The first-order chi connectivity index (χ1) is 9.01. The molecule has 6 heteroatoms. The zero-order chi connectivity index (χ0) is 13.9. The van der Waals surface area contributed by atoms with Crippen LogP contribution in [-0.2, 0) is 19.0 Å². The molecule has 106 valence electrons. The fourth-order valence-corrected chi connectivity index (χ4v) is 2.91. The van der Waals surface area contributed by atoms with Crippen LogP contribution in [0.1, 0.15) is 18.4 Å². The van der Waals surface area contributed by atoms with Crippen molar-refractivity contribution >= 4 is 10.1 Å². The van der Waals surface area contributed by atoms with Gasteiger partial charge in [-0.3, -0.25) is 4.18 Å². The number of hydrogen-bond acceptors (Lipinski definition) is 5. The van der Waals surface area contributed by atoms with Gasteiger partial charge in [0.2, 0.25) is 0 Å². The lowest BCUT2D eigenvalue weighted by atomic mass is 10.2. The second-order valence-electron chi connectivity index (χ2n) is 4.69. The first-order valence-corrected chi connectivity index (χ1v) is 7.64. The lowest BCUT2D eigenvalue weighted by molar-refractivity contribution is -0.00623. The topological polar surface area (TPSA) is 72.8 Å². The molecule has 2 rings (SSSR count). The number of hydrogen-bond donors (Lipinski definition) is 1. The monoisotopic (exact) mass is 286 g/mol. The minimum Gasteiger partial charge on any atom is -0.394 e. The third-order valence-corrected chi connectivity index (χ3v) is 4.41. The van der Waals surface area contributed by atoms with Gasteiger partial charge in [0.05, 0.1) is 30.3 Å². The van der Waals surface area contributed by atoms with Gasteiger partial charge >= 0.3 is 0 Å². The normalized spacial score (nSPS) is 23.7. The molecular weight excluding hydrogens is 268 g/mol. The molecule has 1 N–H and O–H groups in total. The Morgan fingerprint density at radius 2 is 1.89 bits per heavy atom. The van der Waals surface area contributed by atoms with Crippen molar-refractivity contribution in [1.82, 2.24) is 0 Å². The van der Waals surface area contributed by atoms with Crippen molar-refractivity contribution < 1.29 is 22.4 Å². The minimum atomic E-state index is -3.73. The average Bonchev–Trinajstić information content (AvgIpc) is 2.85. The number of aliphatic hydroxyl groups is 1. The number of rotatable bonds is 5. The predicted molar refractivity (Wildman–Crippen MR) is 69.3 cm³/mol. The van der Waals surface area contributed by atoms with Crippen molar-refractivity contribution in [3.05, 3.63) is 29.8 Å². The molecule has 0 saturated carbocycles.